The maximum absolute atomic E-state index is 12.7. The van der Waals surface area contributed by atoms with Gasteiger partial charge in [0.05, 0.1) is 11.7 Å². The standard InChI is InChI=1S/C9H13F2N3/c1-5-3-7(8(10)11)14-4-6(2)13-9(14)12-5/h4-5,7-8H,3H2,1-2H3,(H,12,13). The average Bonchev–Trinajstić information content (AvgIpc) is 2.42. The number of imidazole rings is 1. The van der Waals surface area contributed by atoms with Gasteiger partial charge in [-0.05, 0) is 20.3 Å². The second kappa shape index (κ2) is 3.22. The summed E-state index contributed by atoms with van der Waals surface area (Å²) in [6.45, 7) is 3.70. The van der Waals surface area contributed by atoms with Gasteiger partial charge in [-0.25, -0.2) is 13.8 Å². The van der Waals surface area contributed by atoms with Crippen LogP contribution in [0.3, 0.4) is 0 Å². The van der Waals surface area contributed by atoms with Gasteiger partial charge in [-0.1, -0.05) is 0 Å². The summed E-state index contributed by atoms with van der Waals surface area (Å²) in [6.07, 6.45) is -0.210. The van der Waals surface area contributed by atoms with Crippen LogP contribution in [0.1, 0.15) is 25.1 Å². The smallest absolute Gasteiger partial charge is 0.259 e. The minimum Gasteiger partial charge on any atom is -0.353 e. The summed E-state index contributed by atoms with van der Waals surface area (Å²) in [5.41, 5.74) is 0.771. The molecule has 0 aliphatic carbocycles. The molecule has 0 radical (unpaired) electrons. The fraction of sp³-hybridized carbons (Fsp3) is 0.667. The van der Waals surface area contributed by atoms with Gasteiger partial charge >= 0.3 is 0 Å². The van der Waals surface area contributed by atoms with Gasteiger partial charge in [-0.15, -0.1) is 0 Å². The van der Waals surface area contributed by atoms with Gasteiger partial charge in [0.1, 0.15) is 0 Å². The van der Waals surface area contributed by atoms with Crippen LogP contribution in [0.2, 0.25) is 0 Å². The lowest BCUT2D eigenvalue weighted by Crippen LogP contribution is -2.32. The molecule has 2 heterocycles. The summed E-state index contributed by atoms with van der Waals surface area (Å²) >= 11 is 0. The van der Waals surface area contributed by atoms with E-state index in [9.17, 15) is 8.78 Å². The number of halogens is 2. The van der Waals surface area contributed by atoms with Crippen LogP contribution >= 0.6 is 0 Å². The highest BCUT2D eigenvalue weighted by Crippen LogP contribution is 2.31. The molecule has 3 nitrogen and oxygen atoms in total. The van der Waals surface area contributed by atoms with Crippen LogP contribution in [0.25, 0.3) is 0 Å². The Morgan fingerprint density at radius 3 is 3.00 bits per heavy atom. The molecule has 0 spiro atoms. The van der Waals surface area contributed by atoms with E-state index in [-0.39, 0.29) is 6.04 Å². The van der Waals surface area contributed by atoms with Crippen molar-refractivity contribution in [3.63, 3.8) is 0 Å². The molecule has 2 unspecified atom stereocenters. The Morgan fingerprint density at radius 1 is 1.64 bits per heavy atom. The van der Waals surface area contributed by atoms with Gasteiger partial charge in [0.15, 0.2) is 0 Å². The topological polar surface area (TPSA) is 29.9 Å². The number of hydrogen-bond acceptors (Lipinski definition) is 2. The Balaban J connectivity index is 2.37. The summed E-state index contributed by atoms with van der Waals surface area (Å²) in [7, 11) is 0. The molecule has 0 amide bonds. The molecular weight excluding hydrogens is 188 g/mol. The number of aryl methyl sites for hydroxylation is 1. The highest BCUT2D eigenvalue weighted by molar-refractivity contribution is 5.33. The molecule has 2 rings (SSSR count). The third-order valence-corrected chi connectivity index (χ3v) is 2.47. The number of nitrogens with one attached hydrogen (secondary N) is 1. The van der Waals surface area contributed by atoms with Crippen molar-refractivity contribution in [1.82, 2.24) is 9.55 Å². The zero-order valence-corrected chi connectivity index (χ0v) is 8.17. The number of alkyl halides is 2. The molecule has 0 aromatic carbocycles. The van der Waals surface area contributed by atoms with E-state index >= 15 is 0 Å². The highest BCUT2D eigenvalue weighted by Gasteiger charge is 2.31. The molecular formula is C9H13F2N3. The lowest BCUT2D eigenvalue weighted by Gasteiger charge is -2.29. The highest BCUT2D eigenvalue weighted by atomic mass is 19.3. The van der Waals surface area contributed by atoms with Crippen molar-refractivity contribution in [2.75, 3.05) is 5.32 Å². The molecule has 1 aliphatic rings. The maximum Gasteiger partial charge on any atom is 0.259 e. The first-order valence-electron chi connectivity index (χ1n) is 4.68. The van der Waals surface area contributed by atoms with E-state index in [0.29, 0.717) is 12.4 Å². The maximum atomic E-state index is 12.7. The van der Waals surface area contributed by atoms with E-state index in [4.69, 9.17) is 0 Å². The van der Waals surface area contributed by atoms with Crippen LogP contribution in [0.4, 0.5) is 14.7 Å². The zero-order chi connectivity index (χ0) is 10.3. The number of anilines is 1. The predicted octanol–water partition coefficient (Wildman–Crippen LogP) is 2.20. The third kappa shape index (κ3) is 1.47. The number of aromatic nitrogens is 2. The third-order valence-electron chi connectivity index (χ3n) is 2.47. The Labute approximate surface area is 81.1 Å². The van der Waals surface area contributed by atoms with Gasteiger partial charge in [-0.3, -0.25) is 0 Å². The number of rotatable bonds is 1. The van der Waals surface area contributed by atoms with E-state index < -0.39 is 12.5 Å². The van der Waals surface area contributed by atoms with E-state index in [0.717, 1.165) is 5.69 Å². The van der Waals surface area contributed by atoms with Crippen molar-refractivity contribution < 1.29 is 8.78 Å². The Morgan fingerprint density at radius 2 is 2.36 bits per heavy atom. The lowest BCUT2D eigenvalue weighted by atomic mass is 10.1. The van der Waals surface area contributed by atoms with Gasteiger partial charge in [0.2, 0.25) is 5.95 Å². The second-order valence-corrected chi connectivity index (χ2v) is 3.80. The Kier molecular flexibility index (Phi) is 2.17. The van der Waals surface area contributed by atoms with Crippen LogP contribution in [-0.2, 0) is 0 Å². The number of hydrogen-bond donors (Lipinski definition) is 1. The van der Waals surface area contributed by atoms with E-state index in [2.05, 4.69) is 10.3 Å². The Bertz CT molecular complexity index is 335. The normalized spacial score (nSPS) is 26.1. The lowest BCUT2D eigenvalue weighted by molar-refractivity contribution is 0.0731. The van der Waals surface area contributed by atoms with Crippen molar-refractivity contribution >= 4 is 5.95 Å². The second-order valence-electron chi connectivity index (χ2n) is 3.80. The molecule has 1 aromatic rings. The fourth-order valence-electron chi connectivity index (χ4n) is 1.86. The first kappa shape index (κ1) is 9.43. The van der Waals surface area contributed by atoms with Crippen molar-refractivity contribution in [2.24, 2.45) is 0 Å². The fourth-order valence-corrected chi connectivity index (χ4v) is 1.86. The van der Waals surface area contributed by atoms with Crippen molar-refractivity contribution in [3.8, 4) is 0 Å². The minimum atomic E-state index is -2.33. The van der Waals surface area contributed by atoms with Crippen molar-refractivity contribution in [2.45, 2.75) is 38.8 Å². The van der Waals surface area contributed by atoms with Crippen LogP contribution in [0.5, 0.6) is 0 Å². The molecule has 5 heteroatoms. The molecule has 0 bridgehead atoms. The first-order chi connectivity index (χ1) is 6.58. The van der Waals surface area contributed by atoms with Gasteiger partial charge < -0.3 is 9.88 Å². The van der Waals surface area contributed by atoms with Crippen LogP contribution in [0.15, 0.2) is 6.20 Å². The van der Waals surface area contributed by atoms with E-state index in [1.165, 1.54) is 0 Å². The van der Waals surface area contributed by atoms with Crippen molar-refractivity contribution in [3.05, 3.63) is 11.9 Å². The SMILES string of the molecule is Cc1cn2c(n1)NC(C)CC2C(F)F. The number of nitrogens with zero attached hydrogens (tertiary/aromatic N) is 2. The largest absolute Gasteiger partial charge is 0.353 e. The van der Waals surface area contributed by atoms with Gasteiger partial charge in [-0.2, -0.15) is 0 Å². The summed E-state index contributed by atoms with van der Waals surface area (Å²) in [4.78, 5) is 4.15. The van der Waals surface area contributed by atoms with Crippen LogP contribution < -0.4 is 5.32 Å². The molecule has 0 saturated heterocycles. The summed E-state index contributed by atoms with van der Waals surface area (Å²) < 4.78 is 27.0. The van der Waals surface area contributed by atoms with Gasteiger partial charge in [0, 0.05) is 12.2 Å². The van der Waals surface area contributed by atoms with Gasteiger partial charge in [0.25, 0.3) is 6.43 Å². The van der Waals surface area contributed by atoms with Crippen LogP contribution in [-0.4, -0.2) is 22.0 Å². The minimum absolute atomic E-state index is 0.0586. The van der Waals surface area contributed by atoms with E-state index in [1.807, 2.05) is 6.92 Å². The quantitative estimate of drug-likeness (QED) is 0.754. The predicted molar refractivity (Wildman–Crippen MR) is 49.7 cm³/mol. The molecule has 78 valence electrons. The van der Waals surface area contributed by atoms with E-state index in [1.54, 1.807) is 17.7 Å². The average molecular weight is 201 g/mol. The molecule has 0 saturated carbocycles. The molecule has 2 atom stereocenters. The summed E-state index contributed by atoms with van der Waals surface area (Å²) in [5, 5.41) is 3.08. The summed E-state index contributed by atoms with van der Waals surface area (Å²) in [5.74, 6) is 0.562. The molecule has 1 aliphatic heterocycles. The number of fused-ring (bicyclic) bond motifs is 1. The monoisotopic (exact) mass is 201 g/mol. The van der Waals surface area contributed by atoms with Crippen molar-refractivity contribution in [1.29, 1.82) is 0 Å². The molecule has 1 aromatic heterocycles. The van der Waals surface area contributed by atoms with Crippen LogP contribution in [0, 0.1) is 6.92 Å². The molecule has 1 N–H and O–H groups in total. The molecule has 14 heavy (non-hydrogen) atoms. The first-order valence-corrected chi connectivity index (χ1v) is 4.68. The Hall–Kier alpha value is -1.13. The molecule has 0 fully saturated rings. The zero-order valence-electron chi connectivity index (χ0n) is 8.17. The summed E-state index contributed by atoms with van der Waals surface area (Å²) in [6, 6.07) is -0.675.